The van der Waals surface area contributed by atoms with E-state index in [-0.39, 0.29) is 12.6 Å². The van der Waals surface area contributed by atoms with E-state index in [1.54, 1.807) is 12.1 Å². The largest absolute Gasteiger partial charge is 0.374 e. The van der Waals surface area contributed by atoms with Gasteiger partial charge in [-0.15, -0.1) is 0 Å². The fraction of sp³-hybridized carbons (Fsp3) is 0.440. The van der Waals surface area contributed by atoms with E-state index in [0.29, 0.717) is 11.6 Å². The number of fused-ring (bicyclic) bond motifs is 1. The maximum atomic E-state index is 12.5. The Bertz CT molecular complexity index is 957. The highest BCUT2D eigenvalue weighted by atomic mass is 35.5. The van der Waals surface area contributed by atoms with Gasteiger partial charge in [-0.1, -0.05) is 35.9 Å². The molecule has 4 rings (SSSR count). The van der Waals surface area contributed by atoms with Gasteiger partial charge in [0, 0.05) is 37.4 Å². The molecular formula is C25H31ClN4O2. The summed E-state index contributed by atoms with van der Waals surface area (Å²) in [5.41, 5.74) is 4.77. The second-order valence-electron chi connectivity index (χ2n) is 8.69. The molecule has 0 bridgehead atoms. The average molecular weight is 455 g/mol. The molecule has 1 saturated heterocycles. The number of benzene rings is 2. The molecule has 0 aromatic heterocycles. The molecule has 0 unspecified atom stereocenters. The third-order valence-electron chi connectivity index (χ3n) is 6.45. The van der Waals surface area contributed by atoms with Crippen LogP contribution >= 0.6 is 11.6 Å². The molecule has 7 heteroatoms. The van der Waals surface area contributed by atoms with Crippen LogP contribution in [-0.4, -0.2) is 49.9 Å². The van der Waals surface area contributed by atoms with Gasteiger partial charge in [-0.05, 0) is 73.7 Å². The number of likely N-dealkylation sites (tertiary alicyclic amines) is 1. The first-order valence-corrected chi connectivity index (χ1v) is 11.8. The van der Waals surface area contributed by atoms with Gasteiger partial charge in [0.25, 0.3) is 0 Å². The molecule has 2 aromatic carbocycles. The van der Waals surface area contributed by atoms with Crippen LogP contribution in [0.2, 0.25) is 5.02 Å². The van der Waals surface area contributed by atoms with E-state index in [1.165, 1.54) is 29.7 Å². The fourth-order valence-electron chi connectivity index (χ4n) is 4.66. The maximum Gasteiger partial charge on any atom is 0.309 e. The van der Waals surface area contributed by atoms with Crippen LogP contribution in [0.4, 0.5) is 5.69 Å². The highest BCUT2D eigenvalue weighted by Gasteiger charge is 2.26. The van der Waals surface area contributed by atoms with Gasteiger partial charge in [0.2, 0.25) is 0 Å². The molecule has 0 radical (unpaired) electrons. The lowest BCUT2D eigenvalue weighted by molar-refractivity contribution is -0.139. The van der Waals surface area contributed by atoms with Crippen molar-refractivity contribution in [2.24, 2.45) is 0 Å². The number of nitrogens with zero attached hydrogens (tertiary/aromatic N) is 2. The molecule has 1 fully saturated rings. The van der Waals surface area contributed by atoms with Crippen LogP contribution in [0.15, 0.2) is 42.5 Å². The summed E-state index contributed by atoms with van der Waals surface area (Å²) in [6.07, 6.45) is 4.57. The van der Waals surface area contributed by atoms with Crippen LogP contribution in [0.1, 0.15) is 42.0 Å². The number of rotatable bonds is 6. The van der Waals surface area contributed by atoms with Gasteiger partial charge in [0.15, 0.2) is 0 Å². The SMILES string of the molecule is CN1CCCc2cc([C@@H](CNC(=O)C(=O)NCc3ccc(Cl)cc3)N3CCCC3)ccc21. The summed E-state index contributed by atoms with van der Waals surface area (Å²) < 4.78 is 0. The lowest BCUT2D eigenvalue weighted by Crippen LogP contribution is -2.43. The number of carbonyl (C=O) groups excluding carboxylic acids is 2. The second kappa shape index (κ2) is 10.4. The molecule has 2 aromatic rings. The number of carbonyl (C=O) groups is 2. The van der Waals surface area contributed by atoms with E-state index in [1.807, 2.05) is 12.1 Å². The number of anilines is 1. The zero-order valence-electron chi connectivity index (χ0n) is 18.6. The number of aryl methyl sites for hydroxylation is 1. The van der Waals surface area contributed by atoms with E-state index in [0.717, 1.165) is 38.0 Å². The summed E-state index contributed by atoms with van der Waals surface area (Å²) >= 11 is 5.89. The van der Waals surface area contributed by atoms with Crippen LogP contribution in [0.5, 0.6) is 0 Å². The topological polar surface area (TPSA) is 64.7 Å². The molecule has 0 spiro atoms. The van der Waals surface area contributed by atoms with Crippen molar-refractivity contribution in [3.63, 3.8) is 0 Å². The zero-order chi connectivity index (χ0) is 22.5. The molecule has 170 valence electrons. The normalized spacial score (nSPS) is 17.0. The Kier molecular flexibility index (Phi) is 7.33. The lowest BCUT2D eigenvalue weighted by Gasteiger charge is -2.31. The summed E-state index contributed by atoms with van der Waals surface area (Å²) in [5, 5.41) is 6.19. The third-order valence-corrected chi connectivity index (χ3v) is 6.70. The highest BCUT2D eigenvalue weighted by Crippen LogP contribution is 2.31. The summed E-state index contributed by atoms with van der Waals surface area (Å²) in [4.78, 5) is 29.5. The zero-order valence-corrected chi connectivity index (χ0v) is 19.3. The third kappa shape index (κ3) is 5.43. The Morgan fingerprint density at radius 3 is 2.44 bits per heavy atom. The van der Waals surface area contributed by atoms with Crippen molar-refractivity contribution in [2.75, 3.05) is 38.1 Å². The molecule has 2 aliphatic heterocycles. The smallest absolute Gasteiger partial charge is 0.309 e. The van der Waals surface area contributed by atoms with Gasteiger partial charge >= 0.3 is 11.8 Å². The van der Waals surface area contributed by atoms with Crippen molar-refractivity contribution in [1.29, 1.82) is 0 Å². The fourth-order valence-corrected chi connectivity index (χ4v) is 4.78. The average Bonchev–Trinajstić information content (AvgIpc) is 3.33. The molecular weight excluding hydrogens is 424 g/mol. The minimum absolute atomic E-state index is 0.0723. The van der Waals surface area contributed by atoms with Crippen molar-refractivity contribution < 1.29 is 9.59 Å². The molecule has 0 saturated carbocycles. The Morgan fingerprint density at radius 2 is 1.69 bits per heavy atom. The monoisotopic (exact) mass is 454 g/mol. The number of amides is 2. The van der Waals surface area contributed by atoms with Crippen molar-refractivity contribution in [1.82, 2.24) is 15.5 Å². The Labute approximate surface area is 194 Å². The minimum atomic E-state index is -0.618. The van der Waals surface area contributed by atoms with Gasteiger partial charge in [-0.3, -0.25) is 14.5 Å². The molecule has 6 nitrogen and oxygen atoms in total. The van der Waals surface area contributed by atoms with Crippen molar-refractivity contribution in [3.05, 3.63) is 64.2 Å². The van der Waals surface area contributed by atoms with Crippen molar-refractivity contribution in [2.45, 2.75) is 38.3 Å². The number of hydrogen-bond donors (Lipinski definition) is 2. The molecule has 2 N–H and O–H groups in total. The standard InChI is InChI=1S/C25H31ClN4O2/c1-29-12-4-5-19-15-20(8-11-22(19)29)23(30-13-2-3-14-30)17-28-25(32)24(31)27-16-18-6-9-21(26)10-7-18/h6-11,15,23H,2-5,12-14,16-17H2,1H3,(H,27,31)(H,28,32)/t23-/m1/s1. The molecule has 2 aliphatic rings. The molecule has 32 heavy (non-hydrogen) atoms. The quantitative estimate of drug-likeness (QED) is 0.657. The first kappa shape index (κ1) is 22.6. The Balaban J connectivity index is 1.39. The summed E-state index contributed by atoms with van der Waals surface area (Å²) in [5.74, 6) is -1.21. The molecule has 2 heterocycles. The summed E-state index contributed by atoms with van der Waals surface area (Å²) in [6, 6.07) is 13.9. The number of hydrogen-bond acceptors (Lipinski definition) is 4. The summed E-state index contributed by atoms with van der Waals surface area (Å²) in [7, 11) is 2.14. The maximum absolute atomic E-state index is 12.5. The van der Waals surface area contributed by atoms with Gasteiger partial charge in [0.05, 0.1) is 6.04 Å². The first-order valence-electron chi connectivity index (χ1n) is 11.4. The molecule has 2 amide bonds. The predicted molar refractivity (Wildman–Crippen MR) is 128 cm³/mol. The van der Waals surface area contributed by atoms with E-state index < -0.39 is 11.8 Å². The van der Waals surface area contributed by atoms with E-state index in [9.17, 15) is 9.59 Å². The van der Waals surface area contributed by atoms with Gasteiger partial charge in [-0.2, -0.15) is 0 Å². The van der Waals surface area contributed by atoms with Crippen LogP contribution in [0, 0.1) is 0 Å². The predicted octanol–water partition coefficient (Wildman–Crippen LogP) is 3.29. The lowest BCUT2D eigenvalue weighted by atomic mass is 9.96. The first-order chi connectivity index (χ1) is 15.5. The van der Waals surface area contributed by atoms with Crippen LogP contribution in [0.3, 0.4) is 0 Å². The highest BCUT2D eigenvalue weighted by molar-refractivity contribution is 6.35. The van der Waals surface area contributed by atoms with E-state index in [4.69, 9.17) is 11.6 Å². The van der Waals surface area contributed by atoms with Crippen LogP contribution in [0.25, 0.3) is 0 Å². The van der Waals surface area contributed by atoms with E-state index >= 15 is 0 Å². The van der Waals surface area contributed by atoms with Crippen molar-refractivity contribution in [3.8, 4) is 0 Å². The summed E-state index contributed by atoms with van der Waals surface area (Å²) in [6.45, 7) is 3.82. The second-order valence-corrected chi connectivity index (χ2v) is 9.13. The van der Waals surface area contributed by atoms with Gasteiger partial charge in [-0.25, -0.2) is 0 Å². The molecule has 1 atom stereocenters. The van der Waals surface area contributed by atoms with Gasteiger partial charge < -0.3 is 15.5 Å². The number of halogens is 1. The Hall–Kier alpha value is -2.57. The van der Waals surface area contributed by atoms with Crippen LogP contribution < -0.4 is 15.5 Å². The Morgan fingerprint density at radius 1 is 0.969 bits per heavy atom. The minimum Gasteiger partial charge on any atom is -0.374 e. The molecule has 0 aliphatic carbocycles. The number of nitrogens with one attached hydrogen (secondary N) is 2. The van der Waals surface area contributed by atoms with E-state index in [2.05, 4.69) is 45.7 Å². The van der Waals surface area contributed by atoms with Crippen LogP contribution in [-0.2, 0) is 22.6 Å². The van der Waals surface area contributed by atoms with Gasteiger partial charge in [0.1, 0.15) is 0 Å². The van der Waals surface area contributed by atoms with Crippen molar-refractivity contribution >= 4 is 29.1 Å².